The number of thioether (sulfide) groups is 1. The lowest BCUT2D eigenvalue weighted by atomic mass is 9.96. The zero-order chi connectivity index (χ0) is 9.36. The summed E-state index contributed by atoms with van der Waals surface area (Å²) in [7, 11) is 0. The maximum absolute atomic E-state index is 5.67. The summed E-state index contributed by atoms with van der Waals surface area (Å²) in [6.45, 7) is 3.24. The fourth-order valence-electron chi connectivity index (χ4n) is 1.30. The molecule has 0 atom stereocenters. The summed E-state index contributed by atoms with van der Waals surface area (Å²) in [5, 5.41) is 0. The van der Waals surface area contributed by atoms with Gasteiger partial charge in [0.1, 0.15) is 0 Å². The Kier molecular flexibility index (Phi) is 6.73. The van der Waals surface area contributed by atoms with E-state index in [0.29, 0.717) is 6.10 Å². The van der Waals surface area contributed by atoms with Gasteiger partial charge in [-0.25, -0.2) is 0 Å². The summed E-state index contributed by atoms with van der Waals surface area (Å²) in [5.41, 5.74) is 0. The predicted octanol–water partition coefficient (Wildman–Crippen LogP) is 3.48. The zero-order valence-electron chi connectivity index (χ0n) is 8.76. The molecule has 0 amide bonds. The van der Waals surface area contributed by atoms with Crippen LogP contribution in [0.4, 0.5) is 0 Å². The van der Waals surface area contributed by atoms with Gasteiger partial charge in [0.2, 0.25) is 0 Å². The number of ether oxygens (including phenoxy) is 1. The Hall–Kier alpha value is 0.310. The Labute approximate surface area is 86.6 Å². The van der Waals surface area contributed by atoms with Crippen molar-refractivity contribution < 1.29 is 4.74 Å². The van der Waals surface area contributed by atoms with Crippen LogP contribution in [0, 0.1) is 0 Å². The number of hydrogen-bond acceptors (Lipinski definition) is 2. The highest BCUT2D eigenvalue weighted by Crippen LogP contribution is 2.22. The van der Waals surface area contributed by atoms with Crippen LogP contribution >= 0.6 is 11.8 Å². The van der Waals surface area contributed by atoms with E-state index in [4.69, 9.17) is 4.74 Å². The van der Waals surface area contributed by atoms with Crippen molar-refractivity contribution in [2.24, 2.45) is 0 Å². The smallest absolute Gasteiger partial charge is 0.0575 e. The van der Waals surface area contributed by atoms with Crippen LogP contribution in [0.5, 0.6) is 0 Å². The van der Waals surface area contributed by atoms with Gasteiger partial charge in [0.15, 0.2) is 0 Å². The maximum atomic E-state index is 5.67. The minimum absolute atomic E-state index is 0.626. The molecule has 1 fully saturated rings. The summed E-state index contributed by atoms with van der Waals surface area (Å²) in [6, 6.07) is 0. The first-order chi connectivity index (χ1) is 6.43. The van der Waals surface area contributed by atoms with Gasteiger partial charge in [-0.1, -0.05) is 13.3 Å². The Morgan fingerprint density at radius 1 is 1.23 bits per heavy atom. The molecular weight excluding hydrogens is 180 g/mol. The second kappa shape index (κ2) is 7.69. The molecule has 0 unspecified atom stereocenters. The molecule has 0 spiro atoms. The highest BCUT2D eigenvalue weighted by molar-refractivity contribution is 7.99. The van der Waals surface area contributed by atoms with E-state index in [1.165, 1.54) is 50.0 Å². The summed E-state index contributed by atoms with van der Waals surface area (Å²) < 4.78 is 5.67. The van der Waals surface area contributed by atoms with Crippen molar-refractivity contribution in [3.05, 3.63) is 0 Å². The molecule has 0 aromatic heterocycles. The number of unbranched alkanes of at least 4 members (excludes halogenated alkanes) is 1. The topological polar surface area (TPSA) is 9.23 Å². The summed E-state index contributed by atoms with van der Waals surface area (Å²) in [5.74, 6) is 2.62. The molecule has 0 N–H and O–H groups in total. The molecule has 0 radical (unpaired) electrons. The summed E-state index contributed by atoms with van der Waals surface area (Å²) in [4.78, 5) is 0. The van der Waals surface area contributed by atoms with E-state index in [-0.39, 0.29) is 0 Å². The molecule has 0 aromatic rings. The molecule has 0 saturated heterocycles. The molecule has 78 valence electrons. The number of hydrogen-bond donors (Lipinski definition) is 0. The minimum Gasteiger partial charge on any atom is -0.378 e. The van der Waals surface area contributed by atoms with E-state index in [1.54, 1.807) is 0 Å². The standard InChI is InChI=1S/C11H22OS/c1-2-3-9-13-10-5-8-12-11-6-4-7-11/h11H,2-10H2,1H3. The Balaban J connectivity index is 1.68. The Bertz CT molecular complexity index is 113. The maximum Gasteiger partial charge on any atom is 0.0575 e. The Morgan fingerprint density at radius 3 is 2.62 bits per heavy atom. The lowest BCUT2D eigenvalue weighted by Gasteiger charge is -2.25. The largest absolute Gasteiger partial charge is 0.378 e. The lowest BCUT2D eigenvalue weighted by Crippen LogP contribution is -2.22. The highest BCUT2D eigenvalue weighted by atomic mass is 32.2. The van der Waals surface area contributed by atoms with Crippen molar-refractivity contribution >= 4 is 11.8 Å². The van der Waals surface area contributed by atoms with Crippen LogP contribution < -0.4 is 0 Å². The van der Waals surface area contributed by atoms with E-state index >= 15 is 0 Å². The van der Waals surface area contributed by atoms with Gasteiger partial charge in [0.25, 0.3) is 0 Å². The second-order valence-electron chi connectivity index (χ2n) is 3.74. The van der Waals surface area contributed by atoms with Gasteiger partial charge in [-0.3, -0.25) is 0 Å². The van der Waals surface area contributed by atoms with Crippen molar-refractivity contribution in [2.45, 2.75) is 51.6 Å². The van der Waals surface area contributed by atoms with Gasteiger partial charge < -0.3 is 4.74 Å². The molecule has 0 aromatic carbocycles. The number of rotatable bonds is 8. The molecule has 2 heteroatoms. The SMILES string of the molecule is CCCCSCCCOC1CCC1. The van der Waals surface area contributed by atoms with Gasteiger partial charge >= 0.3 is 0 Å². The van der Waals surface area contributed by atoms with Crippen LogP contribution in [0.1, 0.15) is 45.4 Å². The fraction of sp³-hybridized carbons (Fsp3) is 1.00. The first-order valence-corrected chi connectivity index (χ1v) is 6.78. The van der Waals surface area contributed by atoms with Crippen LogP contribution in [0.2, 0.25) is 0 Å². The summed E-state index contributed by atoms with van der Waals surface area (Å²) in [6.07, 6.45) is 8.56. The first kappa shape index (κ1) is 11.4. The molecule has 0 heterocycles. The van der Waals surface area contributed by atoms with Crippen LogP contribution in [-0.4, -0.2) is 24.2 Å². The minimum atomic E-state index is 0.626. The lowest BCUT2D eigenvalue weighted by molar-refractivity contribution is 0.00322. The van der Waals surface area contributed by atoms with E-state index in [2.05, 4.69) is 18.7 Å². The van der Waals surface area contributed by atoms with Crippen molar-refractivity contribution in [1.82, 2.24) is 0 Å². The first-order valence-electron chi connectivity index (χ1n) is 5.63. The Morgan fingerprint density at radius 2 is 2.00 bits per heavy atom. The van der Waals surface area contributed by atoms with Gasteiger partial charge in [-0.15, -0.1) is 0 Å². The average molecular weight is 202 g/mol. The van der Waals surface area contributed by atoms with E-state index in [9.17, 15) is 0 Å². The molecule has 1 aliphatic carbocycles. The molecule has 0 aliphatic heterocycles. The normalized spacial score (nSPS) is 17.3. The quantitative estimate of drug-likeness (QED) is 0.557. The molecule has 1 rings (SSSR count). The molecule has 1 saturated carbocycles. The van der Waals surface area contributed by atoms with Crippen molar-refractivity contribution in [2.75, 3.05) is 18.1 Å². The van der Waals surface area contributed by atoms with Crippen LogP contribution in [0.3, 0.4) is 0 Å². The third-order valence-corrected chi connectivity index (χ3v) is 3.64. The molecule has 1 aliphatic rings. The molecule has 0 bridgehead atoms. The predicted molar refractivity (Wildman–Crippen MR) is 60.4 cm³/mol. The van der Waals surface area contributed by atoms with Gasteiger partial charge in [0.05, 0.1) is 6.10 Å². The van der Waals surface area contributed by atoms with Crippen LogP contribution in [0.15, 0.2) is 0 Å². The summed E-state index contributed by atoms with van der Waals surface area (Å²) >= 11 is 2.08. The van der Waals surface area contributed by atoms with E-state index < -0.39 is 0 Å². The van der Waals surface area contributed by atoms with Crippen molar-refractivity contribution in [3.8, 4) is 0 Å². The fourth-order valence-corrected chi connectivity index (χ4v) is 2.32. The molecule has 13 heavy (non-hydrogen) atoms. The zero-order valence-corrected chi connectivity index (χ0v) is 9.57. The average Bonchev–Trinajstić information content (AvgIpc) is 2.07. The van der Waals surface area contributed by atoms with Gasteiger partial charge in [-0.05, 0) is 43.6 Å². The van der Waals surface area contributed by atoms with Crippen LogP contribution in [0.25, 0.3) is 0 Å². The second-order valence-corrected chi connectivity index (χ2v) is 4.97. The third kappa shape index (κ3) is 5.58. The van der Waals surface area contributed by atoms with E-state index in [1.807, 2.05) is 0 Å². The third-order valence-electron chi connectivity index (χ3n) is 2.48. The van der Waals surface area contributed by atoms with Crippen molar-refractivity contribution in [1.29, 1.82) is 0 Å². The van der Waals surface area contributed by atoms with E-state index in [0.717, 1.165) is 6.61 Å². The van der Waals surface area contributed by atoms with Crippen LogP contribution in [-0.2, 0) is 4.74 Å². The van der Waals surface area contributed by atoms with Gasteiger partial charge in [0, 0.05) is 6.61 Å². The highest BCUT2D eigenvalue weighted by Gasteiger charge is 2.16. The monoisotopic (exact) mass is 202 g/mol. The molecule has 1 nitrogen and oxygen atoms in total. The van der Waals surface area contributed by atoms with Gasteiger partial charge in [-0.2, -0.15) is 11.8 Å². The molecular formula is C11H22OS. The van der Waals surface area contributed by atoms with Crippen molar-refractivity contribution in [3.63, 3.8) is 0 Å².